The standard InChI is InChI=1S/C19H25N3O3S/c1-13(14-7-9-15(10-8-14)26(2,24)25)20-19(23)12-11-18-16-5-3-4-6-17(16)21-22-18/h7-10,13H,3-6,11-12H2,1-2H3,(H,20,23)(H,21,22)/t13-/m0/s1. The van der Waals surface area contributed by atoms with Crippen molar-refractivity contribution in [3.63, 3.8) is 0 Å². The van der Waals surface area contributed by atoms with Crippen LogP contribution in [-0.4, -0.2) is 30.8 Å². The van der Waals surface area contributed by atoms with Crippen LogP contribution in [0, 0.1) is 0 Å². The second kappa shape index (κ2) is 7.61. The highest BCUT2D eigenvalue weighted by Gasteiger charge is 2.18. The van der Waals surface area contributed by atoms with Crippen molar-refractivity contribution in [1.82, 2.24) is 15.5 Å². The molecule has 6 nitrogen and oxygen atoms in total. The lowest BCUT2D eigenvalue weighted by atomic mass is 9.94. The van der Waals surface area contributed by atoms with E-state index in [0.29, 0.717) is 12.8 Å². The molecular formula is C19H25N3O3S. The van der Waals surface area contributed by atoms with Crippen LogP contribution < -0.4 is 5.32 Å². The van der Waals surface area contributed by atoms with Crippen molar-refractivity contribution in [3.05, 3.63) is 46.8 Å². The number of carbonyl (C=O) groups excluding carboxylic acids is 1. The molecule has 1 aromatic carbocycles. The van der Waals surface area contributed by atoms with Gasteiger partial charge >= 0.3 is 0 Å². The minimum Gasteiger partial charge on any atom is -0.350 e. The zero-order chi connectivity index (χ0) is 18.7. The predicted molar refractivity (Wildman–Crippen MR) is 99.7 cm³/mol. The number of carbonyl (C=O) groups is 1. The maximum atomic E-state index is 12.3. The monoisotopic (exact) mass is 375 g/mol. The Morgan fingerprint density at radius 2 is 1.92 bits per heavy atom. The fourth-order valence-electron chi connectivity index (χ4n) is 3.39. The first-order valence-corrected chi connectivity index (χ1v) is 10.9. The normalized spacial score (nSPS) is 15.3. The van der Waals surface area contributed by atoms with E-state index in [1.807, 2.05) is 6.92 Å². The number of aromatic amines is 1. The zero-order valence-electron chi connectivity index (χ0n) is 15.2. The van der Waals surface area contributed by atoms with E-state index >= 15 is 0 Å². The Bertz CT molecular complexity index is 885. The smallest absolute Gasteiger partial charge is 0.220 e. The quantitative estimate of drug-likeness (QED) is 0.811. The molecule has 0 fully saturated rings. The van der Waals surface area contributed by atoms with E-state index in [4.69, 9.17) is 0 Å². The molecule has 0 saturated heterocycles. The molecular weight excluding hydrogens is 350 g/mol. The molecule has 1 aromatic heterocycles. The molecule has 0 bridgehead atoms. The first-order valence-electron chi connectivity index (χ1n) is 8.99. The van der Waals surface area contributed by atoms with Crippen LogP contribution in [0.1, 0.15) is 54.7 Å². The lowest BCUT2D eigenvalue weighted by Gasteiger charge is -2.15. The van der Waals surface area contributed by atoms with Gasteiger partial charge in [-0.25, -0.2) is 8.42 Å². The summed E-state index contributed by atoms with van der Waals surface area (Å²) in [6, 6.07) is 6.45. The summed E-state index contributed by atoms with van der Waals surface area (Å²) >= 11 is 0. The topological polar surface area (TPSA) is 91.9 Å². The van der Waals surface area contributed by atoms with Crippen LogP contribution >= 0.6 is 0 Å². The number of fused-ring (bicyclic) bond motifs is 1. The Hall–Kier alpha value is -2.15. The molecule has 2 N–H and O–H groups in total. The molecule has 0 unspecified atom stereocenters. The van der Waals surface area contributed by atoms with Gasteiger partial charge in [0.1, 0.15) is 0 Å². The number of hydrogen-bond acceptors (Lipinski definition) is 4. The van der Waals surface area contributed by atoms with Gasteiger partial charge < -0.3 is 5.32 Å². The Morgan fingerprint density at radius 3 is 2.62 bits per heavy atom. The first-order chi connectivity index (χ1) is 12.3. The number of aromatic nitrogens is 2. The molecule has 1 heterocycles. The van der Waals surface area contributed by atoms with Crippen LogP contribution in [0.3, 0.4) is 0 Å². The van der Waals surface area contributed by atoms with Gasteiger partial charge in [-0.2, -0.15) is 5.10 Å². The molecule has 0 spiro atoms. The summed E-state index contributed by atoms with van der Waals surface area (Å²) in [6.07, 6.45) is 6.69. The molecule has 1 atom stereocenters. The van der Waals surface area contributed by atoms with E-state index < -0.39 is 9.84 Å². The molecule has 0 saturated carbocycles. The van der Waals surface area contributed by atoms with E-state index in [2.05, 4.69) is 15.5 Å². The first kappa shape index (κ1) is 18.6. The molecule has 140 valence electrons. The van der Waals surface area contributed by atoms with E-state index in [1.54, 1.807) is 24.3 Å². The number of aryl methyl sites for hydroxylation is 2. The number of nitrogens with one attached hydrogen (secondary N) is 2. The van der Waals surface area contributed by atoms with Gasteiger partial charge in [-0.05, 0) is 55.9 Å². The SMILES string of the molecule is C[C@H](NC(=O)CCc1n[nH]c2c1CCCC2)c1ccc(S(C)(=O)=O)cc1. The largest absolute Gasteiger partial charge is 0.350 e. The number of amides is 1. The summed E-state index contributed by atoms with van der Waals surface area (Å²) in [6.45, 7) is 1.89. The third-order valence-corrected chi connectivity index (χ3v) is 6.05. The second-order valence-electron chi connectivity index (χ2n) is 6.96. The third kappa shape index (κ3) is 4.33. The molecule has 0 radical (unpaired) electrons. The van der Waals surface area contributed by atoms with Crippen LogP contribution in [-0.2, 0) is 33.9 Å². The average molecular weight is 375 g/mol. The van der Waals surface area contributed by atoms with Crippen molar-refractivity contribution < 1.29 is 13.2 Å². The summed E-state index contributed by atoms with van der Waals surface area (Å²) in [7, 11) is -3.21. The number of nitrogens with zero attached hydrogens (tertiary/aromatic N) is 1. The molecule has 0 aliphatic heterocycles. The van der Waals surface area contributed by atoms with Gasteiger partial charge in [0.2, 0.25) is 5.91 Å². The molecule has 26 heavy (non-hydrogen) atoms. The Kier molecular flexibility index (Phi) is 5.46. The summed E-state index contributed by atoms with van der Waals surface area (Å²) in [5, 5.41) is 10.5. The van der Waals surface area contributed by atoms with Crippen molar-refractivity contribution in [1.29, 1.82) is 0 Å². The minimum atomic E-state index is -3.21. The molecule has 2 aromatic rings. The lowest BCUT2D eigenvalue weighted by Crippen LogP contribution is -2.27. The van der Waals surface area contributed by atoms with Crippen LogP contribution in [0.4, 0.5) is 0 Å². The Labute approximate surface area is 154 Å². The van der Waals surface area contributed by atoms with Crippen LogP contribution in [0.2, 0.25) is 0 Å². The Morgan fingerprint density at radius 1 is 1.23 bits per heavy atom. The lowest BCUT2D eigenvalue weighted by molar-refractivity contribution is -0.121. The molecule has 3 rings (SSSR count). The summed E-state index contributed by atoms with van der Waals surface area (Å²) in [5.74, 6) is -0.0303. The van der Waals surface area contributed by atoms with Crippen molar-refractivity contribution in [2.75, 3.05) is 6.26 Å². The second-order valence-corrected chi connectivity index (χ2v) is 8.98. The molecule has 1 amide bonds. The van der Waals surface area contributed by atoms with Gasteiger partial charge in [0.15, 0.2) is 9.84 Å². The van der Waals surface area contributed by atoms with Crippen molar-refractivity contribution >= 4 is 15.7 Å². The molecule has 7 heteroatoms. The highest BCUT2D eigenvalue weighted by Crippen LogP contribution is 2.23. The highest BCUT2D eigenvalue weighted by atomic mass is 32.2. The summed E-state index contributed by atoms with van der Waals surface area (Å²) < 4.78 is 23.0. The van der Waals surface area contributed by atoms with Gasteiger partial charge in [0.05, 0.1) is 16.6 Å². The van der Waals surface area contributed by atoms with Gasteiger partial charge in [-0.15, -0.1) is 0 Å². The summed E-state index contributed by atoms with van der Waals surface area (Å²) in [5.41, 5.74) is 4.42. The van der Waals surface area contributed by atoms with E-state index in [0.717, 1.165) is 24.1 Å². The maximum Gasteiger partial charge on any atom is 0.220 e. The van der Waals surface area contributed by atoms with Crippen LogP contribution in [0.5, 0.6) is 0 Å². The molecule has 1 aliphatic carbocycles. The van der Waals surface area contributed by atoms with E-state index in [-0.39, 0.29) is 16.8 Å². The van der Waals surface area contributed by atoms with Crippen molar-refractivity contribution in [2.45, 2.75) is 56.4 Å². The minimum absolute atomic E-state index is 0.0303. The number of benzene rings is 1. The van der Waals surface area contributed by atoms with Gasteiger partial charge in [-0.1, -0.05) is 12.1 Å². The highest BCUT2D eigenvalue weighted by molar-refractivity contribution is 7.90. The Balaban J connectivity index is 1.55. The summed E-state index contributed by atoms with van der Waals surface area (Å²) in [4.78, 5) is 12.6. The van der Waals surface area contributed by atoms with Gasteiger partial charge in [-0.3, -0.25) is 9.89 Å². The van der Waals surface area contributed by atoms with E-state index in [9.17, 15) is 13.2 Å². The predicted octanol–water partition coefficient (Wildman–Crippen LogP) is 2.50. The molecule has 1 aliphatic rings. The maximum absolute atomic E-state index is 12.3. The fourth-order valence-corrected chi connectivity index (χ4v) is 4.02. The number of sulfone groups is 1. The third-order valence-electron chi connectivity index (χ3n) is 4.92. The van der Waals surface area contributed by atoms with Crippen molar-refractivity contribution in [3.8, 4) is 0 Å². The van der Waals surface area contributed by atoms with Gasteiger partial charge in [0.25, 0.3) is 0 Å². The fraction of sp³-hybridized carbons (Fsp3) is 0.474. The zero-order valence-corrected chi connectivity index (χ0v) is 16.0. The van der Waals surface area contributed by atoms with Crippen LogP contribution in [0.25, 0.3) is 0 Å². The average Bonchev–Trinajstić information content (AvgIpc) is 3.02. The van der Waals surface area contributed by atoms with E-state index in [1.165, 1.54) is 30.4 Å². The van der Waals surface area contributed by atoms with Gasteiger partial charge in [0, 0.05) is 24.8 Å². The number of H-pyrrole nitrogens is 1. The number of rotatable bonds is 6. The van der Waals surface area contributed by atoms with Crippen LogP contribution in [0.15, 0.2) is 29.2 Å². The number of hydrogen-bond donors (Lipinski definition) is 2. The van der Waals surface area contributed by atoms with Crippen molar-refractivity contribution in [2.24, 2.45) is 0 Å².